The summed E-state index contributed by atoms with van der Waals surface area (Å²) in [7, 11) is 0. The van der Waals surface area contributed by atoms with Crippen LogP contribution < -0.4 is 0 Å². The Kier molecular flexibility index (Phi) is 1.47. The van der Waals surface area contributed by atoms with Crippen molar-refractivity contribution in [2.24, 2.45) is 11.3 Å². The number of ether oxygens (including phenoxy) is 1. The monoisotopic (exact) mass is 128 g/mol. The van der Waals surface area contributed by atoms with Gasteiger partial charge in [0.15, 0.2) is 0 Å². The topological polar surface area (TPSA) is 26.3 Å². The second-order valence-corrected chi connectivity index (χ2v) is 3.32. The van der Waals surface area contributed by atoms with Gasteiger partial charge in [0.25, 0.3) is 6.47 Å². The Balaban J connectivity index is 2.12. The first-order chi connectivity index (χ1) is 4.17. The van der Waals surface area contributed by atoms with E-state index in [0.29, 0.717) is 24.4 Å². The summed E-state index contributed by atoms with van der Waals surface area (Å²) >= 11 is 0. The Bertz CT molecular complexity index is 118. The summed E-state index contributed by atoms with van der Waals surface area (Å²) in [6.45, 7) is 5.50. The van der Waals surface area contributed by atoms with Crippen LogP contribution in [0.1, 0.15) is 20.3 Å². The fourth-order valence-corrected chi connectivity index (χ4v) is 1.02. The van der Waals surface area contributed by atoms with E-state index >= 15 is 0 Å². The van der Waals surface area contributed by atoms with Gasteiger partial charge in [-0.2, -0.15) is 0 Å². The normalized spacial score (nSPS) is 29.3. The van der Waals surface area contributed by atoms with E-state index in [9.17, 15) is 4.79 Å². The van der Waals surface area contributed by atoms with Crippen molar-refractivity contribution in [1.82, 2.24) is 0 Å². The van der Waals surface area contributed by atoms with Crippen LogP contribution in [0.25, 0.3) is 0 Å². The van der Waals surface area contributed by atoms with Crippen molar-refractivity contribution in [1.29, 1.82) is 0 Å². The molecular formula is C7H12O2. The second kappa shape index (κ2) is 2.01. The molecule has 1 saturated carbocycles. The first-order valence-corrected chi connectivity index (χ1v) is 3.22. The lowest BCUT2D eigenvalue weighted by Gasteiger charge is -1.99. The van der Waals surface area contributed by atoms with Crippen molar-refractivity contribution in [3.05, 3.63) is 0 Å². The van der Waals surface area contributed by atoms with Gasteiger partial charge in [0.05, 0.1) is 6.61 Å². The molecule has 0 amide bonds. The summed E-state index contributed by atoms with van der Waals surface area (Å²) in [4.78, 5) is 9.73. The molecule has 0 radical (unpaired) electrons. The Hall–Kier alpha value is -0.530. The van der Waals surface area contributed by atoms with Crippen LogP contribution in [0.2, 0.25) is 0 Å². The van der Waals surface area contributed by atoms with Gasteiger partial charge < -0.3 is 4.74 Å². The van der Waals surface area contributed by atoms with E-state index in [0.717, 1.165) is 0 Å². The van der Waals surface area contributed by atoms with Crippen LogP contribution in [0, 0.1) is 11.3 Å². The van der Waals surface area contributed by atoms with Gasteiger partial charge in [-0.05, 0) is 17.8 Å². The molecule has 1 fully saturated rings. The highest BCUT2D eigenvalue weighted by molar-refractivity contribution is 5.37. The van der Waals surface area contributed by atoms with Gasteiger partial charge in [0.2, 0.25) is 0 Å². The number of carbonyl (C=O) groups is 1. The zero-order chi connectivity index (χ0) is 6.91. The third kappa shape index (κ3) is 1.44. The molecular weight excluding hydrogens is 116 g/mol. The molecule has 0 aliphatic heterocycles. The molecule has 1 rings (SSSR count). The van der Waals surface area contributed by atoms with Crippen molar-refractivity contribution in [3.8, 4) is 0 Å². The number of hydrogen-bond donors (Lipinski definition) is 0. The molecule has 0 aromatic rings. The molecule has 0 heterocycles. The van der Waals surface area contributed by atoms with Crippen LogP contribution in [-0.2, 0) is 9.53 Å². The molecule has 2 heteroatoms. The Morgan fingerprint density at radius 2 is 2.33 bits per heavy atom. The van der Waals surface area contributed by atoms with E-state index in [1.807, 2.05) is 0 Å². The maximum atomic E-state index is 9.73. The summed E-state index contributed by atoms with van der Waals surface area (Å²) < 4.78 is 4.61. The quantitative estimate of drug-likeness (QED) is 0.534. The smallest absolute Gasteiger partial charge is 0.293 e. The number of carbonyl (C=O) groups excluding carboxylic acids is 1. The molecule has 0 N–H and O–H groups in total. The molecule has 52 valence electrons. The zero-order valence-corrected chi connectivity index (χ0v) is 5.89. The van der Waals surface area contributed by atoms with Gasteiger partial charge >= 0.3 is 0 Å². The van der Waals surface area contributed by atoms with Crippen LogP contribution in [0.5, 0.6) is 0 Å². The molecule has 0 bridgehead atoms. The van der Waals surface area contributed by atoms with Crippen molar-refractivity contribution in [3.63, 3.8) is 0 Å². The second-order valence-electron chi connectivity index (χ2n) is 3.32. The SMILES string of the molecule is CC1(C)CC1COC=O. The Labute approximate surface area is 55.2 Å². The van der Waals surface area contributed by atoms with Crippen LogP contribution in [0.3, 0.4) is 0 Å². The van der Waals surface area contributed by atoms with Crippen LogP contribution >= 0.6 is 0 Å². The maximum absolute atomic E-state index is 9.73. The predicted molar refractivity (Wildman–Crippen MR) is 33.9 cm³/mol. The third-order valence-corrected chi connectivity index (χ3v) is 2.08. The van der Waals surface area contributed by atoms with E-state index in [2.05, 4.69) is 18.6 Å². The lowest BCUT2D eigenvalue weighted by atomic mass is 10.1. The molecule has 0 spiro atoms. The van der Waals surface area contributed by atoms with E-state index in [-0.39, 0.29) is 0 Å². The highest BCUT2D eigenvalue weighted by Gasteiger charge is 2.45. The van der Waals surface area contributed by atoms with Crippen LogP contribution in [0.4, 0.5) is 0 Å². The Morgan fingerprint density at radius 3 is 2.67 bits per heavy atom. The van der Waals surface area contributed by atoms with E-state index < -0.39 is 0 Å². The summed E-state index contributed by atoms with van der Waals surface area (Å²) in [6, 6.07) is 0. The van der Waals surface area contributed by atoms with Gasteiger partial charge in [-0.15, -0.1) is 0 Å². The molecule has 1 aliphatic rings. The fraction of sp³-hybridized carbons (Fsp3) is 0.857. The maximum Gasteiger partial charge on any atom is 0.293 e. The third-order valence-electron chi connectivity index (χ3n) is 2.08. The first-order valence-electron chi connectivity index (χ1n) is 3.22. The Morgan fingerprint density at radius 1 is 1.78 bits per heavy atom. The minimum absolute atomic E-state index is 0.434. The summed E-state index contributed by atoms with van der Waals surface area (Å²) in [6.07, 6.45) is 1.20. The minimum Gasteiger partial charge on any atom is -0.468 e. The van der Waals surface area contributed by atoms with Crippen molar-refractivity contribution in [2.75, 3.05) is 6.61 Å². The average Bonchev–Trinajstić information content (AvgIpc) is 2.35. The largest absolute Gasteiger partial charge is 0.468 e. The minimum atomic E-state index is 0.434. The van der Waals surface area contributed by atoms with Crippen LogP contribution in [-0.4, -0.2) is 13.1 Å². The molecule has 2 nitrogen and oxygen atoms in total. The molecule has 9 heavy (non-hydrogen) atoms. The summed E-state index contributed by atoms with van der Waals surface area (Å²) in [5, 5.41) is 0. The van der Waals surface area contributed by atoms with Crippen molar-refractivity contribution < 1.29 is 9.53 Å². The molecule has 1 aliphatic carbocycles. The van der Waals surface area contributed by atoms with E-state index in [1.165, 1.54) is 6.42 Å². The number of hydrogen-bond acceptors (Lipinski definition) is 2. The molecule has 0 saturated heterocycles. The average molecular weight is 128 g/mol. The van der Waals surface area contributed by atoms with Crippen LogP contribution in [0.15, 0.2) is 0 Å². The van der Waals surface area contributed by atoms with Gasteiger partial charge in [0.1, 0.15) is 0 Å². The highest BCUT2D eigenvalue weighted by Crippen LogP contribution is 2.51. The van der Waals surface area contributed by atoms with E-state index in [4.69, 9.17) is 0 Å². The lowest BCUT2D eigenvalue weighted by Crippen LogP contribution is -1.99. The molecule has 0 aromatic heterocycles. The summed E-state index contributed by atoms with van der Waals surface area (Å²) in [5.41, 5.74) is 0.434. The van der Waals surface area contributed by atoms with Gasteiger partial charge in [-0.1, -0.05) is 13.8 Å². The highest BCUT2D eigenvalue weighted by atomic mass is 16.5. The fourth-order valence-electron chi connectivity index (χ4n) is 1.02. The predicted octanol–water partition coefficient (Wildman–Crippen LogP) is 1.21. The van der Waals surface area contributed by atoms with Gasteiger partial charge in [-0.3, -0.25) is 4.79 Å². The standard InChI is InChI=1S/C7H12O2/c1-7(2)3-6(7)4-9-5-8/h5-6H,3-4H2,1-2H3. The number of rotatable bonds is 3. The molecule has 1 atom stereocenters. The summed E-state index contributed by atoms with van der Waals surface area (Å²) in [5.74, 6) is 0.614. The first kappa shape index (κ1) is 6.59. The molecule has 0 aromatic carbocycles. The van der Waals surface area contributed by atoms with E-state index in [1.54, 1.807) is 0 Å². The lowest BCUT2D eigenvalue weighted by molar-refractivity contribution is -0.129. The van der Waals surface area contributed by atoms with Gasteiger partial charge in [0, 0.05) is 0 Å². The molecule has 1 unspecified atom stereocenters. The van der Waals surface area contributed by atoms with Crippen molar-refractivity contribution >= 4 is 6.47 Å². The zero-order valence-electron chi connectivity index (χ0n) is 5.89. The van der Waals surface area contributed by atoms with Gasteiger partial charge in [-0.25, -0.2) is 0 Å². The van der Waals surface area contributed by atoms with Crippen molar-refractivity contribution in [2.45, 2.75) is 20.3 Å².